The van der Waals surface area contributed by atoms with Crippen LogP contribution in [0.1, 0.15) is 0 Å². The van der Waals surface area contributed by atoms with Crippen molar-refractivity contribution in [1.29, 1.82) is 0 Å². The molecule has 0 radical (unpaired) electrons. The molecule has 0 saturated heterocycles. The van der Waals surface area contributed by atoms with E-state index in [2.05, 4.69) is 124 Å². The summed E-state index contributed by atoms with van der Waals surface area (Å²) < 4.78 is 11.1. The maximum absolute atomic E-state index is 6.53. The van der Waals surface area contributed by atoms with Crippen molar-refractivity contribution >= 4 is 54.7 Å². The minimum absolute atomic E-state index is 0.491. The summed E-state index contributed by atoms with van der Waals surface area (Å²) in [7, 11) is 0. The van der Waals surface area contributed by atoms with E-state index in [1.807, 2.05) is 78.9 Å². The van der Waals surface area contributed by atoms with Crippen LogP contribution in [-0.2, 0) is 0 Å². The summed E-state index contributed by atoms with van der Waals surface area (Å²) in [5.74, 6) is 2.09. The first kappa shape index (κ1) is 33.0. The van der Waals surface area contributed by atoms with Crippen molar-refractivity contribution in [2.75, 3.05) is 0 Å². The van der Waals surface area contributed by atoms with Gasteiger partial charge in [0, 0.05) is 38.4 Å². The third-order valence-electron chi connectivity index (χ3n) is 11.2. The molecule has 4 heterocycles. The zero-order valence-corrected chi connectivity index (χ0v) is 31.6. The average Bonchev–Trinajstić information content (AvgIpc) is 4.01. The Morgan fingerprint density at radius 2 is 0.898 bits per heavy atom. The van der Waals surface area contributed by atoms with Crippen molar-refractivity contribution in [2.45, 2.75) is 0 Å². The van der Waals surface area contributed by atoms with Crippen LogP contribution in [0.4, 0.5) is 0 Å². The van der Waals surface area contributed by atoms with Crippen LogP contribution >= 0.6 is 0 Å². The molecule has 0 amide bonds. The molecule has 59 heavy (non-hydrogen) atoms. The standard InChI is InChI=1S/C52H32N6O/c1-4-15-33(16-5-1)34-27-29-37(30-28-34)57-44-25-12-10-21-38(44)40-31-32-41-39-22-11-13-26-45(39)58(47(41)46(40)57)52-55-49(35-17-6-2-7-18-35)54-50(56-52)42-23-14-24-43-48(42)59-51(53-43)36-19-8-3-9-20-36/h1-32H. The topological polar surface area (TPSA) is 74.6 Å². The van der Waals surface area contributed by atoms with Gasteiger partial charge in [-0.3, -0.25) is 4.57 Å². The van der Waals surface area contributed by atoms with Gasteiger partial charge in [-0.25, -0.2) is 9.97 Å². The summed E-state index contributed by atoms with van der Waals surface area (Å²) in [6.45, 7) is 0. The Balaban J connectivity index is 1.16. The molecule has 276 valence electrons. The fourth-order valence-electron chi connectivity index (χ4n) is 8.54. The molecule has 0 saturated carbocycles. The van der Waals surface area contributed by atoms with E-state index in [1.54, 1.807) is 0 Å². The lowest BCUT2D eigenvalue weighted by Crippen LogP contribution is -2.07. The number of hydrogen-bond acceptors (Lipinski definition) is 5. The van der Waals surface area contributed by atoms with E-state index in [1.165, 1.54) is 16.5 Å². The molecular formula is C52H32N6O. The van der Waals surface area contributed by atoms with Gasteiger partial charge in [0.25, 0.3) is 0 Å². The lowest BCUT2D eigenvalue weighted by molar-refractivity contribution is 0.620. The van der Waals surface area contributed by atoms with Crippen LogP contribution in [0, 0.1) is 0 Å². The molecule has 0 bridgehead atoms. The molecule has 0 unspecified atom stereocenters. The number of benzene rings is 8. The molecule has 0 fully saturated rings. The Kier molecular flexibility index (Phi) is 7.40. The maximum Gasteiger partial charge on any atom is 0.238 e. The molecule has 0 N–H and O–H groups in total. The van der Waals surface area contributed by atoms with Gasteiger partial charge >= 0.3 is 0 Å². The zero-order chi connectivity index (χ0) is 38.9. The molecule has 0 aliphatic heterocycles. The average molecular weight is 757 g/mol. The Morgan fingerprint density at radius 1 is 0.356 bits per heavy atom. The minimum Gasteiger partial charge on any atom is -0.435 e. The van der Waals surface area contributed by atoms with E-state index in [0.29, 0.717) is 29.1 Å². The second kappa shape index (κ2) is 13.2. The summed E-state index contributed by atoms with van der Waals surface area (Å²) in [4.78, 5) is 20.7. The van der Waals surface area contributed by atoms with Crippen LogP contribution in [-0.4, -0.2) is 29.1 Å². The van der Waals surface area contributed by atoms with Crippen LogP contribution in [0.3, 0.4) is 0 Å². The van der Waals surface area contributed by atoms with E-state index >= 15 is 0 Å². The normalized spacial score (nSPS) is 11.7. The van der Waals surface area contributed by atoms with Crippen molar-refractivity contribution in [3.8, 4) is 57.0 Å². The van der Waals surface area contributed by atoms with Crippen LogP contribution < -0.4 is 0 Å². The van der Waals surface area contributed by atoms with Gasteiger partial charge in [0.2, 0.25) is 11.8 Å². The van der Waals surface area contributed by atoms with Crippen LogP contribution in [0.25, 0.3) is 112 Å². The van der Waals surface area contributed by atoms with Crippen molar-refractivity contribution in [3.63, 3.8) is 0 Å². The first-order valence-electron chi connectivity index (χ1n) is 19.7. The molecule has 0 atom stereocenters. The van der Waals surface area contributed by atoms with Gasteiger partial charge in [0.05, 0.1) is 27.6 Å². The molecular weight excluding hydrogens is 725 g/mol. The van der Waals surface area contributed by atoms with Crippen molar-refractivity contribution in [2.24, 2.45) is 0 Å². The highest BCUT2D eigenvalue weighted by Crippen LogP contribution is 2.42. The largest absolute Gasteiger partial charge is 0.435 e. The summed E-state index contributed by atoms with van der Waals surface area (Å²) >= 11 is 0. The number of oxazole rings is 1. The van der Waals surface area contributed by atoms with Gasteiger partial charge in [-0.1, -0.05) is 146 Å². The van der Waals surface area contributed by atoms with E-state index < -0.39 is 0 Å². The summed E-state index contributed by atoms with van der Waals surface area (Å²) in [6, 6.07) is 67.0. The maximum atomic E-state index is 6.53. The Morgan fingerprint density at radius 3 is 1.58 bits per heavy atom. The lowest BCUT2D eigenvalue weighted by Gasteiger charge is -2.13. The Labute approximate surface area is 338 Å². The molecule has 0 spiro atoms. The fraction of sp³-hybridized carbons (Fsp3) is 0. The highest BCUT2D eigenvalue weighted by atomic mass is 16.3. The number of para-hydroxylation sites is 3. The van der Waals surface area contributed by atoms with Gasteiger partial charge in [-0.05, 0) is 59.7 Å². The van der Waals surface area contributed by atoms with E-state index in [-0.39, 0.29) is 0 Å². The van der Waals surface area contributed by atoms with Crippen molar-refractivity contribution < 1.29 is 4.42 Å². The minimum atomic E-state index is 0.491. The molecule has 7 nitrogen and oxygen atoms in total. The van der Waals surface area contributed by atoms with Gasteiger partial charge in [0.15, 0.2) is 17.2 Å². The highest BCUT2D eigenvalue weighted by molar-refractivity contribution is 6.23. The molecule has 12 aromatic rings. The quantitative estimate of drug-likeness (QED) is 0.169. The highest BCUT2D eigenvalue weighted by Gasteiger charge is 2.24. The summed E-state index contributed by atoms with van der Waals surface area (Å²) in [5.41, 5.74) is 11.5. The number of fused-ring (bicyclic) bond motifs is 8. The Bertz CT molecular complexity index is 3530. The monoisotopic (exact) mass is 756 g/mol. The van der Waals surface area contributed by atoms with Gasteiger partial charge < -0.3 is 8.98 Å². The third-order valence-corrected chi connectivity index (χ3v) is 11.2. The van der Waals surface area contributed by atoms with Crippen LogP contribution in [0.2, 0.25) is 0 Å². The van der Waals surface area contributed by atoms with Crippen LogP contribution in [0.15, 0.2) is 199 Å². The molecule has 12 rings (SSSR count). The summed E-state index contributed by atoms with van der Waals surface area (Å²) in [6.07, 6.45) is 0. The molecule has 7 heteroatoms. The number of aromatic nitrogens is 6. The second-order valence-corrected chi connectivity index (χ2v) is 14.7. The van der Waals surface area contributed by atoms with Gasteiger partial charge in [0.1, 0.15) is 5.52 Å². The smallest absolute Gasteiger partial charge is 0.238 e. The predicted molar refractivity (Wildman–Crippen MR) is 238 cm³/mol. The number of nitrogens with zero attached hydrogens (tertiary/aromatic N) is 6. The molecule has 4 aromatic heterocycles. The second-order valence-electron chi connectivity index (χ2n) is 14.7. The first-order chi connectivity index (χ1) is 29.3. The SMILES string of the molecule is c1ccc(-c2ccc(-n3c4ccccc4c4ccc5c6ccccc6n(-c6nc(-c7ccccc7)nc(-c7cccc8nc(-c9ccccc9)oc78)n6)c5c43)cc2)cc1. The van der Waals surface area contributed by atoms with Gasteiger partial charge in [-0.2, -0.15) is 9.97 Å². The summed E-state index contributed by atoms with van der Waals surface area (Å²) in [5, 5.41) is 4.52. The third kappa shape index (κ3) is 5.29. The van der Waals surface area contributed by atoms with E-state index in [0.717, 1.165) is 66.1 Å². The molecule has 8 aromatic carbocycles. The van der Waals surface area contributed by atoms with E-state index in [4.69, 9.17) is 24.4 Å². The van der Waals surface area contributed by atoms with Gasteiger partial charge in [-0.15, -0.1) is 0 Å². The first-order valence-corrected chi connectivity index (χ1v) is 19.7. The van der Waals surface area contributed by atoms with E-state index in [9.17, 15) is 0 Å². The lowest BCUT2D eigenvalue weighted by atomic mass is 10.1. The predicted octanol–water partition coefficient (Wildman–Crippen LogP) is 12.9. The number of hydrogen-bond donors (Lipinski definition) is 0. The fourth-order valence-corrected chi connectivity index (χ4v) is 8.54. The van der Waals surface area contributed by atoms with Crippen LogP contribution in [0.5, 0.6) is 0 Å². The number of rotatable bonds is 6. The van der Waals surface area contributed by atoms with Crippen molar-refractivity contribution in [1.82, 2.24) is 29.1 Å². The zero-order valence-electron chi connectivity index (χ0n) is 31.6. The molecule has 0 aliphatic rings. The molecule has 0 aliphatic carbocycles. The van der Waals surface area contributed by atoms with Crippen molar-refractivity contribution in [3.05, 3.63) is 194 Å². The Hall–Kier alpha value is -8.16.